The molecule has 0 unspecified atom stereocenters. The van der Waals surface area contributed by atoms with Gasteiger partial charge in [0.1, 0.15) is 5.54 Å². The van der Waals surface area contributed by atoms with Crippen LogP contribution in [0.25, 0.3) is 0 Å². The summed E-state index contributed by atoms with van der Waals surface area (Å²) in [5.41, 5.74) is -0.675. The Morgan fingerprint density at radius 1 is 1.35 bits per heavy atom. The van der Waals surface area contributed by atoms with Crippen molar-refractivity contribution >= 4 is 23.6 Å². The average molecular weight is 258 g/mol. The molecule has 0 bridgehead atoms. The highest BCUT2D eigenvalue weighted by Crippen LogP contribution is 2.21. The van der Waals surface area contributed by atoms with Crippen LogP contribution in [-0.4, -0.2) is 47.4 Å². The summed E-state index contributed by atoms with van der Waals surface area (Å²) >= 11 is 1.72. The second-order valence-corrected chi connectivity index (χ2v) is 5.36. The van der Waals surface area contributed by atoms with Gasteiger partial charge in [-0.15, -0.1) is 0 Å². The summed E-state index contributed by atoms with van der Waals surface area (Å²) in [5, 5.41) is 2.91. The minimum Gasteiger partial charge on any atom is -0.342 e. The summed E-state index contributed by atoms with van der Waals surface area (Å²) in [6.45, 7) is 5.20. The number of hydrogen-bond donors (Lipinski definition) is 1. The lowest BCUT2D eigenvalue weighted by Gasteiger charge is -2.33. The van der Waals surface area contributed by atoms with Crippen molar-refractivity contribution in [3.63, 3.8) is 0 Å². The molecular formula is C12H22N2O2S. The molecule has 1 rings (SSSR count). The van der Waals surface area contributed by atoms with Gasteiger partial charge in [0.05, 0.1) is 0 Å². The molecule has 2 amide bonds. The molecule has 5 heteroatoms. The van der Waals surface area contributed by atoms with Gasteiger partial charge in [0, 0.05) is 25.3 Å². The van der Waals surface area contributed by atoms with Gasteiger partial charge < -0.3 is 10.2 Å². The first-order chi connectivity index (χ1) is 8.09. The minimum atomic E-state index is -0.675. The predicted molar refractivity (Wildman–Crippen MR) is 71.0 cm³/mol. The van der Waals surface area contributed by atoms with Gasteiger partial charge in [0.2, 0.25) is 11.8 Å². The van der Waals surface area contributed by atoms with Crippen LogP contribution in [0.2, 0.25) is 0 Å². The van der Waals surface area contributed by atoms with Crippen molar-refractivity contribution in [3.05, 3.63) is 0 Å². The van der Waals surface area contributed by atoms with Crippen LogP contribution in [0.4, 0.5) is 0 Å². The van der Waals surface area contributed by atoms with E-state index in [2.05, 4.69) is 5.32 Å². The van der Waals surface area contributed by atoms with Crippen molar-refractivity contribution in [2.24, 2.45) is 0 Å². The minimum absolute atomic E-state index is 0.00583. The molecule has 4 nitrogen and oxygen atoms in total. The number of rotatable bonds is 5. The fourth-order valence-electron chi connectivity index (χ4n) is 2.17. The zero-order valence-electron chi connectivity index (χ0n) is 10.9. The van der Waals surface area contributed by atoms with E-state index in [1.807, 2.05) is 25.0 Å². The van der Waals surface area contributed by atoms with E-state index < -0.39 is 5.54 Å². The van der Waals surface area contributed by atoms with Crippen LogP contribution in [0.3, 0.4) is 0 Å². The first-order valence-corrected chi connectivity index (χ1v) is 7.58. The van der Waals surface area contributed by atoms with E-state index in [0.717, 1.165) is 12.3 Å². The summed E-state index contributed by atoms with van der Waals surface area (Å²) in [4.78, 5) is 26.0. The summed E-state index contributed by atoms with van der Waals surface area (Å²) in [6.07, 6.45) is 3.76. The third-order valence-electron chi connectivity index (χ3n) is 3.46. The van der Waals surface area contributed by atoms with Crippen LogP contribution < -0.4 is 5.32 Å². The molecule has 1 aliphatic heterocycles. The molecule has 0 spiro atoms. The molecule has 17 heavy (non-hydrogen) atoms. The molecule has 1 saturated heterocycles. The van der Waals surface area contributed by atoms with E-state index >= 15 is 0 Å². The lowest BCUT2D eigenvalue weighted by molar-refractivity contribution is -0.139. The monoisotopic (exact) mass is 258 g/mol. The predicted octanol–water partition coefficient (Wildman–Crippen LogP) is 1.26. The van der Waals surface area contributed by atoms with E-state index in [-0.39, 0.29) is 11.8 Å². The number of carbonyl (C=O) groups excluding carboxylic acids is 2. The molecule has 0 aromatic heterocycles. The molecule has 98 valence electrons. The number of amides is 2. The van der Waals surface area contributed by atoms with E-state index in [1.54, 1.807) is 11.8 Å². The number of nitrogens with one attached hydrogen (secondary N) is 1. The maximum absolute atomic E-state index is 12.5. The Kier molecular flexibility index (Phi) is 5.31. The molecule has 0 aliphatic carbocycles. The van der Waals surface area contributed by atoms with E-state index in [1.165, 1.54) is 0 Å². The van der Waals surface area contributed by atoms with E-state index in [4.69, 9.17) is 0 Å². The van der Waals surface area contributed by atoms with Crippen LogP contribution in [0, 0.1) is 0 Å². The molecule has 0 atom stereocenters. The summed E-state index contributed by atoms with van der Waals surface area (Å²) in [7, 11) is 0. The largest absolute Gasteiger partial charge is 0.342 e. The first-order valence-electron chi connectivity index (χ1n) is 6.19. The summed E-state index contributed by atoms with van der Waals surface area (Å²) in [6, 6.07) is 0. The summed E-state index contributed by atoms with van der Waals surface area (Å²) < 4.78 is 0. The Labute approximate surface area is 108 Å². The molecule has 1 aliphatic rings. The van der Waals surface area contributed by atoms with Crippen molar-refractivity contribution in [2.45, 2.75) is 38.6 Å². The van der Waals surface area contributed by atoms with Crippen LogP contribution >= 0.6 is 11.8 Å². The second kappa shape index (κ2) is 6.28. The van der Waals surface area contributed by atoms with Crippen molar-refractivity contribution < 1.29 is 9.59 Å². The molecule has 1 N–H and O–H groups in total. The smallest absolute Gasteiger partial charge is 0.248 e. The van der Waals surface area contributed by atoms with Gasteiger partial charge >= 0.3 is 0 Å². The van der Waals surface area contributed by atoms with E-state index in [9.17, 15) is 9.59 Å². The fourth-order valence-corrected chi connectivity index (χ4v) is 2.57. The van der Waals surface area contributed by atoms with Gasteiger partial charge in [-0.25, -0.2) is 0 Å². The Balaban J connectivity index is 2.88. The van der Waals surface area contributed by atoms with Gasteiger partial charge in [-0.3, -0.25) is 9.59 Å². The molecule has 0 aromatic rings. The molecule has 1 fully saturated rings. The highest BCUT2D eigenvalue weighted by atomic mass is 32.2. The van der Waals surface area contributed by atoms with Crippen LogP contribution in [0.1, 0.15) is 33.1 Å². The Morgan fingerprint density at radius 3 is 2.53 bits per heavy atom. The van der Waals surface area contributed by atoms with Gasteiger partial charge in [-0.05, 0) is 19.1 Å². The van der Waals surface area contributed by atoms with Crippen LogP contribution in [0.15, 0.2) is 0 Å². The molecule has 1 heterocycles. The van der Waals surface area contributed by atoms with Gasteiger partial charge in [0.25, 0.3) is 0 Å². The zero-order chi connectivity index (χ0) is 12.9. The van der Waals surface area contributed by atoms with Crippen molar-refractivity contribution in [1.82, 2.24) is 10.2 Å². The third kappa shape index (κ3) is 3.15. The number of carbonyl (C=O) groups is 2. The Bertz CT molecular complexity index is 290. The maximum Gasteiger partial charge on any atom is 0.248 e. The third-order valence-corrected chi connectivity index (χ3v) is 4.05. The van der Waals surface area contributed by atoms with E-state index in [0.29, 0.717) is 25.8 Å². The number of thioether (sulfide) groups is 1. The highest BCUT2D eigenvalue weighted by molar-refractivity contribution is 7.98. The fraction of sp³-hybridized carbons (Fsp3) is 0.833. The molecule has 0 aromatic carbocycles. The molecular weight excluding hydrogens is 236 g/mol. The van der Waals surface area contributed by atoms with Crippen molar-refractivity contribution in [3.8, 4) is 0 Å². The quantitative estimate of drug-likeness (QED) is 0.807. The normalized spacial score (nSPS) is 20.1. The van der Waals surface area contributed by atoms with Crippen molar-refractivity contribution in [2.75, 3.05) is 25.1 Å². The van der Waals surface area contributed by atoms with Gasteiger partial charge in [-0.1, -0.05) is 13.8 Å². The first kappa shape index (κ1) is 14.4. The van der Waals surface area contributed by atoms with Gasteiger partial charge in [0.15, 0.2) is 0 Å². The highest BCUT2D eigenvalue weighted by Gasteiger charge is 2.41. The number of nitrogens with zero attached hydrogens (tertiary/aromatic N) is 1. The molecule has 0 radical (unpaired) electrons. The Morgan fingerprint density at radius 2 is 2.00 bits per heavy atom. The Hall–Kier alpha value is -0.710. The topological polar surface area (TPSA) is 49.4 Å². The SMILES string of the molecule is CCC1(CC)NC(=O)CCN(CCSC)C1=O. The summed E-state index contributed by atoms with van der Waals surface area (Å²) in [5.74, 6) is 1.000. The average Bonchev–Trinajstić information content (AvgIpc) is 2.46. The van der Waals surface area contributed by atoms with Gasteiger partial charge in [-0.2, -0.15) is 11.8 Å². The maximum atomic E-state index is 12.5. The second-order valence-electron chi connectivity index (χ2n) is 4.37. The van der Waals surface area contributed by atoms with Crippen LogP contribution in [0.5, 0.6) is 0 Å². The lowest BCUT2D eigenvalue weighted by atomic mass is 9.91. The number of hydrogen-bond acceptors (Lipinski definition) is 3. The zero-order valence-corrected chi connectivity index (χ0v) is 11.7. The molecule has 0 saturated carbocycles. The van der Waals surface area contributed by atoms with Crippen molar-refractivity contribution in [1.29, 1.82) is 0 Å². The lowest BCUT2D eigenvalue weighted by Crippen LogP contribution is -2.56. The standard InChI is InChI=1S/C12H22N2O2S/c1-4-12(5-2)11(16)14(8-9-17-3)7-6-10(15)13-12/h4-9H2,1-3H3,(H,13,15). The van der Waals surface area contributed by atoms with Crippen LogP contribution in [-0.2, 0) is 9.59 Å².